The Morgan fingerprint density at radius 3 is 2.38 bits per heavy atom. The summed E-state index contributed by atoms with van der Waals surface area (Å²) in [5, 5.41) is 3.39. The number of piperazine rings is 1. The second-order valence-corrected chi connectivity index (χ2v) is 7.20. The minimum atomic E-state index is -0.212. The van der Waals surface area contributed by atoms with Crippen LogP contribution in [0, 0.1) is 13.8 Å². The fourth-order valence-electron chi connectivity index (χ4n) is 3.44. The van der Waals surface area contributed by atoms with Crippen LogP contribution in [0.25, 0.3) is 0 Å². The van der Waals surface area contributed by atoms with E-state index in [1.165, 1.54) is 16.7 Å². The maximum absolute atomic E-state index is 12.8. The normalized spacial score (nSPS) is 16.3. The predicted octanol–water partition coefficient (Wildman–Crippen LogP) is 3.45. The molecule has 1 fully saturated rings. The number of aryl methyl sites for hydroxylation is 1. The molecule has 26 heavy (non-hydrogen) atoms. The van der Waals surface area contributed by atoms with Crippen molar-refractivity contribution in [3.8, 4) is 0 Å². The van der Waals surface area contributed by atoms with Gasteiger partial charge in [0.05, 0.1) is 0 Å². The van der Waals surface area contributed by atoms with Crippen LogP contribution < -0.4 is 5.32 Å². The monoisotopic (exact) mass is 351 g/mol. The summed E-state index contributed by atoms with van der Waals surface area (Å²) in [6.45, 7) is 10.6. The Kier molecular flexibility index (Phi) is 5.94. The topological polar surface area (TPSA) is 35.6 Å². The molecule has 0 spiro atoms. The van der Waals surface area contributed by atoms with Gasteiger partial charge >= 0.3 is 0 Å². The molecule has 1 heterocycles. The van der Waals surface area contributed by atoms with Gasteiger partial charge in [0.1, 0.15) is 6.04 Å². The molecular weight excluding hydrogens is 322 g/mol. The van der Waals surface area contributed by atoms with E-state index in [4.69, 9.17) is 0 Å². The maximum Gasteiger partial charge on any atom is 0.244 e. The van der Waals surface area contributed by atoms with Crippen molar-refractivity contribution in [3.05, 3.63) is 65.2 Å². The number of nitrogens with one attached hydrogen (secondary N) is 1. The summed E-state index contributed by atoms with van der Waals surface area (Å²) in [6.07, 6.45) is 0. The lowest BCUT2D eigenvalue weighted by atomic mass is 10.1. The van der Waals surface area contributed by atoms with Gasteiger partial charge in [-0.3, -0.25) is 9.69 Å². The molecule has 1 saturated heterocycles. The van der Waals surface area contributed by atoms with Crippen LogP contribution in [0.5, 0.6) is 0 Å². The zero-order valence-corrected chi connectivity index (χ0v) is 16.0. The van der Waals surface area contributed by atoms with Crippen LogP contribution in [0.1, 0.15) is 23.6 Å². The Balaban J connectivity index is 1.52. The smallest absolute Gasteiger partial charge is 0.244 e. The zero-order chi connectivity index (χ0) is 18.5. The van der Waals surface area contributed by atoms with Gasteiger partial charge in [0.25, 0.3) is 0 Å². The lowest BCUT2D eigenvalue weighted by Crippen LogP contribution is -2.51. The molecule has 0 aromatic heterocycles. The standard InChI is InChI=1S/C22H29N3O/c1-17-8-7-11-21(18(17)2)23-19(3)22(26)25-14-12-24(13-15-25)16-20-9-5-4-6-10-20/h4-11,19,23H,12-16H2,1-3H3/t19-/m1/s1. The van der Waals surface area contributed by atoms with Gasteiger partial charge in [0.15, 0.2) is 0 Å². The van der Waals surface area contributed by atoms with Crippen LogP contribution in [0.2, 0.25) is 0 Å². The first-order valence-corrected chi connectivity index (χ1v) is 9.42. The van der Waals surface area contributed by atoms with Crippen LogP contribution in [-0.2, 0) is 11.3 Å². The number of nitrogens with zero attached hydrogens (tertiary/aromatic N) is 2. The third kappa shape index (κ3) is 4.44. The first kappa shape index (κ1) is 18.5. The highest BCUT2D eigenvalue weighted by Gasteiger charge is 2.25. The highest BCUT2D eigenvalue weighted by atomic mass is 16.2. The summed E-state index contributed by atoms with van der Waals surface area (Å²) in [5.74, 6) is 0.185. The molecule has 3 rings (SSSR count). The quantitative estimate of drug-likeness (QED) is 0.896. The Morgan fingerprint density at radius 2 is 1.69 bits per heavy atom. The fraction of sp³-hybridized carbons (Fsp3) is 0.409. The minimum Gasteiger partial charge on any atom is -0.374 e. The van der Waals surface area contributed by atoms with Crippen molar-refractivity contribution in [2.45, 2.75) is 33.4 Å². The molecule has 1 N–H and O–H groups in total. The van der Waals surface area contributed by atoms with Gasteiger partial charge in [-0.25, -0.2) is 0 Å². The third-order valence-corrected chi connectivity index (χ3v) is 5.28. The van der Waals surface area contributed by atoms with E-state index in [9.17, 15) is 4.79 Å². The number of hydrogen-bond acceptors (Lipinski definition) is 3. The SMILES string of the molecule is Cc1cccc(N[C@H](C)C(=O)N2CCN(Cc3ccccc3)CC2)c1C. The van der Waals surface area contributed by atoms with E-state index < -0.39 is 0 Å². The summed E-state index contributed by atoms with van der Waals surface area (Å²) >= 11 is 0. The van der Waals surface area contributed by atoms with Gasteiger partial charge in [-0.15, -0.1) is 0 Å². The van der Waals surface area contributed by atoms with E-state index in [1.54, 1.807) is 0 Å². The van der Waals surface area contributed by atoms with E-state index in [-0.39, 0.29) is 11.9 Å². The van der Waals surface area contributed by atoms with Crippen molar-refractivity contribution in [1.29, 1.82) is 0 Å². The molecule has 2 aromatic carbocycles. The average molecular weight is 351 g/mol. The minimum absolute atomic E-state index is 0.185. The van der Waals surface area contributed by atoms with Gasteiger partial charge in [0.2, 0.25) is 5.91 Å². The number of anilines is 1. The lowest BCUT2D eigenvalue weighted by molar-refractivity contribution is -0.133. The summed E-state index contributed by atoms with van der Waals surface area (Å²) in [5.41, 5.74) is 4.83. The number of amides is 1. The number of carbonyl (C=O) groups is 1. The third-order valence-electron chi connectivity index (χ3n) is 5.28. The van der Waals surface area contributed by atoms with Crippen molar-refractivity contribution in [2.75, 3.05) is 31.5 Å². The number of benzene rings is 2. The Morgan fingerprint density at radius 1 is 1.00 bits per heavy atom. The molecular formula is C22H29N3O. The highest BCUT2D eigenvalue weighted by molar-refractivity contribution is 5.84. The van der Waals surface area contributed by atoms with Crippen LogP contribution >= 0.6 is 0 Å². The molecule has 1 amide bonds. The van der Waals surface area contributed by atoms with Gasteiger partial charge in [-0.1, -0.05) is 42.5 Å². The Labute approximate surface area is 156 Å². The van der Waals surface area contributed by atoms with E-state index in [0.717, 1.165) is 38.4 Å². The number of hydrogen-bond donors (Lipinski definition) is 1. The van der Waals surface area contributed by atoms with Crippen LogP contribution in [-0.4, -0.2) is 47.9 Å². The summed E-state index contributed by atoms with van der Waals surface area (Å²) in [6, 6.07) is 16.5. The van der Waals surface area contributed by atoms with Crippen molar-refractivity contribution >= 4 is 11.6 Å². The van der Waals surface area contributed by atoms with Crippen molar-refractivity contribution < 1.29 is 4.79 Å². The van der Waals surface area contributed by atoms with E-state index >= 15 is 0 Å². The summed E-state index contributed by atoms with van der Waals surface area (Å²) in [7, 11) is 0. The van der Waals surface area contributed by atoms with Crippen LogP contribution in [0.4, 0.5) is 5.69 Å². The maximum atomic E-state index is 12.8. The number of carbonyl (C=O) groups excluding carboxylic acids is 1. The van der Waals surface area contributed by atoms with Crippen molar-refractivity contribution in [3.63, 3.8) is 0 Å². The van der Waals surface area contributed by atoms with Gasteiger partial charge in [0, 0.05) is 38.4 Å². The largest absolute Gasteiger partial charge is 0.374 e. The molecule has 2 aromatic rings. The fourth-order valence-corrected chi connectivity index (χ4v) is 3.44. The van der Waals surface area contributed by atoms with E-state index in [0.29, 0.717) is 0 Å². The van der Waals surface area contributed by atoms with Gasteiger partial charge in [-0.05, 0) is 43.5 Å². The highest BCUT2D eigenvalue weighted by Crippen LogP contribution is 2.19. The van der Waals surface area contributed by atoms with Gasteiger partial charge < -0.3 is 10.2 Å². The summed E-state index contributed by atoms with van der Waals surface area (Å²) < 4.78 is 0. The number of rotatable bonds is 5. The Bertz CT molecular complexity index is 736. The first-order valence-electron chi connectivity index (χ1n) is 9.42. The van der Waals surface area contributed by atoms with Crippen LogP contribution in [0.15, 0.2) is 48.5 Å². The second kappa shape index (κ2) is 8.37. The molecule has 1 aliphatic rings. The molecule has 1 aliphatic heterocycles. The van der Waals surface area contributed by atoms with Gasteiger partial charge in [-0.2, -0.15) is 0 Å². The first-order chi connectivity index (χ1) is 12.5. The van der Waals surface area contributed by atoms with E-state index in [1.807, 2.05) is 30.0 Å². The van der Waals surface area contributed by atoms with E-state index in [2.05, 4.69) is 54.4 Å². The molecule has 4 heteroatoms. The summed E-state index contributed by atoms with van der Waals surface area (Å²) in [4.78, 5) is 17.2. The molecule has 1 atom stereocenters. The molecule has 138 valence electrons. The average Bonchev–Trinajstić information content (AvgIpc) is 2.66. The molecule has 0 radical (unpaired) electrons. The molecule has 0 bridgehead atoms. The molecule has 0 aliphatic carbocycles. The zero-order valence-electron chi connectivity index (χ0n) is 16.0. The molecule has 0 unspecified atom stereocenters. The molecule has 0 saturated carbocycles. The molecule has 4 nitrogen and oxygen atoms in total. The predicted molar refractivity (Wildman–Crippen MR) is 107 cm³/mol. The second-order valence-electron chi connectivity index (χ2n) is 7.20. The lowest BCUT2D eigenvalue weighted by Gasteiger charge is -2.36. The Hall–Kier alpha value is -2.33. The van der Waals surface area contributed by atoms with Crippen LogP contribution in [0.3, 0.4) is 0 Å². The van der Waals surface area contributed by atoms with Crippen molar-refractivity contribution in [2.24, 2.45) is 0 Å². The van der Waals surface area contributed by atoms with Crippen molar-refractivity contribution in [1.82, 2.24) is 9.80 Å².